The molecule has 0 aromatic heterocycles. The molecule has 0 aliphatic rings. The summed E-state index contributed by atoms with van der Waals surface area (Å²) in [5.41, 5.74) is 0.546. The molecule has 0 fully saturated rings. The van der Waals surface area contributed by atoms with E-state index in [1.807, 2.05) is 30.3 Å². The number of fused-ring (bicyclic) bond motifs is 1. The summed E-state index contributed by atoms with van der Waals surface area (Å²) >= 11 is 0. The minimum Gasteiger partial charge on any atom is -0.385 e. The van der Waals surface area contributed by atoms with Gasteiger partial charge in [0.2, 0.25) is 0 Å². The Bertz CT molecular complexity index is 772. The van der Waals surface area contributed by atoms with E-state index in [1.54, 1.807) is 19.1 Å². The second-order valence-electron chi connectivity index (χ2n) is 5.60. The lowest BCUT2D eigenvalue weighted by atomic mass is 9.87. The van der Waals surface area contributed by atoms with Crippen molar-refractivity contribution in [2.45, 2.75) is 18.9 Å². The van der Waals surface area contributed by atoms with Crippen molar-refractivity contribution in [1.29, 1.82) is 0 Å². The largest absolute Gasteiger partial charge is 0.385 e. The van der Waals surface area contributed by atoms with Crippen LogP contribution in [0.25, 0.3) is 10.8 Å². The lowest BCUT2D eigenvalue weighted by molar-refractivity contribution is 0.0576. The van der Waals surface area contributed by atoms with Crippen LogP contribution in [0.4, 0.5) is 4.39 Å². The van der Waals surface area contributed by atoms with Crippen LogP contribution >= 0.6 is 0 Å². The molecule has 0 heterocycles. The van der Waals surface area contributed by atoms with Crippen molar-refractivity contribution in [1.82, 2.24) is 0 Å². The van der Waals surface area contributed by atoms with Crippen LogP contribution in [-0.4, -0.2) is 5.11 Å². The molecule has 1 nitrogen and oxygen atoms in total. The predicted octanol–water partition coefficient (Wildman–Crippen LogP) is 4.43. The van der Waals surface area contributed by atoms with Crippen molar-refractivity contribution in [3.8, 4) is 0 Å². The SMILES string of the molecule is CC(O)(Cc1cccc2ccccc12)c1cccc(F)c1. The van der Waals surface area contributed by atoms with Crippen LogP contribution in [0.1, 0.15) is 18.1 Å². The normalized spacial score (nSPS) is 14.0. The van der Waals surface area contributed by atoms with Crippen LogP contribution in [0, 0.1) is 5.82 Å². The second kappa shape index (κ2) is 5.30. The summed E-state index contributed by atoms with van der Waals surface area (Å²) in [6.07, 6.45) is 0.442. The molecule has 2 heteroatoms. The third-order valence-corrected chi connectivity index (χ3v) is 3.86. The molecule has 0 bridgehead atoms. The number of halogens is 1. The van der Waals surface area contributed by atoms with Gasteiger partial charge < -0.3 is 5.11 Å². The average Bonchev–Trinajstić information content (AvgIpc) is 2.47. The van der Waals surface area contributed by atoms with Gasteiger partial charge in [-0.1, -0.05) is 54.6 Å². The molecule has 3 aromatic carbocycles. The second-order valence-corrected chi connectivity index (χ2v) is 5.60. The number of benzene rings is 3. The summed E-state index contributed by atoms with van der Waals surface area (Å²) in [5.74, 6) is -0.328. The first-order valence-electron chi connectivity index (χ1n) is 7.01. The Morgan fingerprint density at radius 1 is 0.952 bits per heavy atom. The Morgan fingerprint density at radius 3 is 2.48 bits per heavy atom. The zero-order valence-electron chi connectivity index (χ0n) is 11.9. The van der Waals surface area contributed by atoms with E-state index in [0.29, 0.717) is 12.0 Å². The molecule has 0 saturated carbocycles. The van der Waals surface area contributed by atoms with Gasteiger partial charge in [-0.2, -0.15) is 0 Å². The lowest BCUT2D eigenvalue weighted by Crippen LogP contribution is -2.24. The maximum absolute atomic E-state index is 13.4. The summed E-state index contributed by atoms with van der Waals surface area (Å²) in [4.78, 5) is 0. The van der Waals surface area contributed by atoms with Crippen LogP contribution in [-0.2, 0) is 12.0 Å². The maximum atomic E-state index is 13.4. The minimum atomic E-state index is -1.10. The molecule has 3 rings (SSSR count). The van der Waals surface area contributed by atoms with Gasteiger partial charge in [0.25, 0.3) is 0 Å². The van der Waals surface area contributed by atoms with Crippen LogP contribution in [0.2, 0.25) is 0 Å². The van der Waals surface area contributed by atoms with Crippen molar-refractivity contribution in [3.63, 3.8) is 0 Å². The first-order valence-corrected chi connectivity index (χ1v) is 7.01. The zero-order chi connectivity index (χ0) is 14.9. The molecule has 3 aromatic rings. The molecule has 0 aliphatic carbocycles. The fourth-order valence-corrected chi connectivity index (χ4v) is 2.74. The molecule has 1 atom stereocenters. The molecule has 0 radical (unpaired) electrons. The third-order valence-electron chi connectivity index (χ3n) is 3.86. The van der Waals surface area contributed by atoms with Crippen molar-refractivity contribution in [3.05, 3.63) is 83.7 Å². The van der Waals surface area contributed by atoms with Gasteiger partial charge in [-0.15, -0.1) is 0 Å². The van der Waals surface area contributed by atoms with E-state index < -0.39 is 5.60 Å². The Labute approximate surface area is 123 Å². The standard InChI is InChI=1S/C19H17FO/c1-19(21,16-9-5-10-17(20)12-16)13-15-8-4-7-14-6-2-3-11-18(14)15/h2-12,21H,13H2,1H3. The topological polar surface area (TPSA) is 20.2 Å². The number of aliphatic hydroxyl groups is 1. The van der Waals surface area contributed by atoms with Gasteiger partial charge in [-0.3, -0.25) is 0 Å². The average molecular weight is 280 g/mol. The Balaban J connectivity index is 2.01. The zero-order valence-corrected chi connectivity index (χ0v) is 11.9. The molecular formula is C19H17FO. The van der Waals surface area contributed by atoms with E-state index >= 15 is 0 Å². The predicted molar refractivity (Wildman–Crippen MR) is 83.6 cm³/mol. The highest BCUT2D eigenvalue weighted by Crippen LogP contribution is 2.29. The van der Waals surface area contributed by atoms with Gasteiger partial charge >= 0.3 is 0 Å². The first kappa shape index (κ1) is 13.8. The molecular weight excluding hydrogens is 263 g/mol. The lowest BCUT2D eigenvalue weighted by Gasteiger charge is -2.25. The fraction of sp³-hybridized carbons (Fsp3) is 0.158. The molecule has 0 amide bonds. The summed E-state index contributed by atoms with van der Waals surface area (Å²) < 4.78 is 13.4. The smallest absolute Gasteiger partial charge is 0.123 e. The Morgan fingerprint density at radius 2 is 1.67 bits per heavy atom. The van der Waals surface area contributed by atoms with Crippen LogP contribution in [0.3, 0.4) is 0 Å². The molecule has 0 saturated heterocycles. The van der Waals surface area contributed by atoms with Crippen LogP contribution < -0.4 is 0 Å². The van der Waals surface area contributed by atoms with E-state index in [0.717, 1.165) is 16.3 Å². The molecule has 1 unspecified atom stereocenters. The molecule has 0 aliphatic heterocycles. The van der Waals surface area contributed by atoms with Gasteiger partial charge in [-0.25, -0.2) is 4.39 Å². The fourth-order valence-electron chi connectivity index (χ4n) is 2.74. The van der Waals surface area contributed by atoms with Crippen LogP contribution in [0.5, 0.6) is 0 Å². The quantitative estimate of drug-likeness (QED) is 0.752. The minimum absolute atomic E-state index is 0.328. The van der Waals surface area contributed by atoms with E-state index in [9.17, 15) is 9.50 Å². The van der Waals surface area contributed by atoms with E-state index in [2.05, 4.69) is 12.1 Å². The van der Waals surface area contributed by atoms with Gasteiger partial charge in [0.05, 0.1) is 5.60 Å². The summed E-state index contributed by atoms with van der Waals surface area (Å²) in [6, 6.07) is 20.3. The molecule has 1 N–H and O–H groups in total. The summed E-state index contributed by atoms with van der Waals surface area (Å²) in [7, 11) is 0. The molecule has 106 valence electrons. The van der Waals surface area contributed by atoms with Crippen molar-refractivity contribution >= 4 is 10.8 Å². The van der Waals surface area contributed by atoms with E-state index in [4.69, 9.17) is 0 Å². The number of hydrogen-bond acceptors (Lipinski definition) is 1. The van der Waals surface area contributed by atoms with Gasteiger partial charge in [0.15, 0.2) is 0 Å². The third kappa shape index (κ3) is 2.81. The van der Waals surface area contributed by atoms with Gasteiger partial charge in [0, 0.05) is 6.42 Å². The molecule has 0 spiro atoms. The van der Waals surface area contributed by atoms with Gasteiger partial charge in [-0.05, 0) is 41.0 Å². The highest BCUT2D eigenvalue weighted by Gasteiger charge is 2.24. The molecule has 21 heavy (non-hydrogen) atoms. The summed E-state index contributed by atoms with van der Waals surface area (Å²) in [6.45, 7) is 1.73. The first-order chi connectivity index (χ1) is 10.1. The van der Waals surface area contributed by atoms with Crippen molar-refractivity contribution < 1.29 is 9.50 Å². The van der Waals surface area contributed by atoms with Crippen molar-refractivity contribution in [2.75, 3.05) is 0 Å². The number of rotatable bonds is 3. The van der Waals surface area contributed by atoms with Crippen LogP contribution in [0.15, 0.2) is 66.7 Å². The van der Waals surface area contributed by atoms with Crippen molar-refractivity contribution in [2.24, 2.45) is 0 Å². The van der Waals surface area contributed by atoms with E-state index in [-0.39, 0.29) is 5.82 Å². The van der Waals surface area contributed by atoms with E-state index in [1.165, 1.54) is 12.1 Å². The highest BCUT2D eigenvalue weighted by atomic mass is 19.1. The monoisotopic (exact) mass is 280 g/mol. The summed E-state index contributed by atoms with van der Waals surface area (Å²) in [5, 5.41) is 13.0. The van der Waals surface area contributed by atoms with Gasteiger partial charge in [0.1, 0.15) is 5.82 Å². The Kier molecular flexibility index (Phi) is 3.48. The number of hydrogen-bond donors (Lipinski definition) is 1. The highest BCUT2D eigenvalue weighted by molar-refractivity contribution is 5.85. The maximum Gasteiger partial charge on any atom is 0.123 e. The Hall–Kier alpha value is -2.19.